The molecule has 5 aromatic rings. The lowest BCUT2D eigenvalue weighted by Crippen LogP contribution is -2.04. The van der Waals surface area contributed by atoms with E-state index in [9.17, 15) is 0 Å². The first-order chi connectivity index (χ1) is 12.7. The number of hydrogen-bond acceptors (Lipinski definition) is 0. The second kappa shape index (κ2) is 4.91. The van der Waals surface area contributed by atoms with Crippen LogP contribution in [0.3, 0.4) is 0 Å². The van der Waals surface area contributed by atoms with Gasteiger partial charge in [-0.25, -0.2) is 0 Å². The van der Waals surface area contributed by atoms with Crippen LogP contribution in [-0.4, -0.2) is 9.97 Å². The molecule has 1 aliphatic carbocycles. The first kappa shape index (κ1) is 14.4. The van der Waals surface area contributed by atoms with E-state index in [1.807, 2.05) is 0 Å². The van der Waals surface area contributed by atoms with E-state index in [-0.39, 0.29) is 0 Å². The lowest BCUT2D eigenvalue weighted by atomic mass is 9.86. The number of nitrogens with one attached hydrogen (secondary N) is 2. The summed E-state index contributed by atoms with van der Waals surface area (Å²) in [7, 11) is 0. The fourth-order valence-electron chi connectivity index (χ4n) is 5.06. The van der Waals surface area contributed by atoms with Gasteiger partial charge in [-0.1, -0.05) is 23.3 Å². The van der Waals surface area contributed by atoms with Gasteiger partial charge in [-0.3, -0.25) is 0 Å². The Hall–Kier alpha value is -2.74. The van der Waals surface area contributed by atoms with Crippen molar-refractivity contribution < 1.29 is 0 Å². The molecule has 3 aromatic carbocycles. The van der Waals surface area contributed by atoms with Crippen LogP contribution in [0.2, 0.25) is 0 Å². The van der Waals surface area contributed by atoms with Crippen molar-refractivity contribution in [3.63, 3.8) is 0 Å². The van der Waals surface area contributed by atoms with Gasteiger partial charge in [-0.05, 0) is 74.9 Å². The molecule has 0 aliphatic heterocycles. The zero-order valence-corrected chi connectivity index (χ0v) is 15.3. The fourth-order valence-corrected chi connectivity index (χ4v) is 5.06. The maximum atomic E-state index is 3.78. The first-order valence-corrected chi connectivity index (χ1v) is 9.68. The highest BCUT2D eigenvalue weighted by atomic mass is 14.8. The molecular formula is C24H22N2. The summed E-state index contributed by atoms with van der Waals surface area (Å²) < 4.78 is 0. The highest BCUT2D eigenvalue weighted by Gasteiger charge is 2.23. The Labute approximate surface area is 152 Å². The van der Waals surface area contributed by atoms with Crippen LogP contribution < -0.4 is 0 Å². The third-order valence-corrected chi connectivity index (χ3v) is 6.23. The molecule has 0 saturated carbocycles. The van der Waals surface area contributed by atoms with Crippen molar-refractivity contribution >= 4 is 43.6 Å². The van der Waals surface area contributed by atoms with Crippen LogP contribution in [0.15, 0.2) is 36.4 Å². The van der Waals surface area contributed by atoms with Crippen LogP contribution in [0, 0.1) is 13.8 Å². The van der Waals surface area contributed by atoms with Gasteiger partial charge in [0.2, 0.25) is 0 Å². The average molecular weight is 338 g/mol. The third-order valence-electron chi connectivity index (χ3n) is 6.23. The fraction of sp³-hybridized carbons (Fsp3) is 0.250. The van der Waals surface area contributed by atoms with Crippen molar-refractivity contribution in [1.82, 2.24) is 9.97 Å². The van der Waals surface area contributed by atoms with Crippen LogP contribution in [0.5, 0.6) is 0 Å². The zero-order valence-electron chi connectivity index (χ0n) is 15.3. The molecule has 0 spiro atoms. The van der Waals surface area contributed by atoms with Crippen molar-refractivity contribution in [3.8, 4) is 0 Å². The highest BCUT2D eigenvalue weighted by molar-refractivity contribution is 6.26. The molecular weight excluding hydrogens is 316 g/mol. The van der Waals surface area contributed by atoms with Crippen LogP contribution in [0.1, 0.15) is 35.1 Å². The van der Waals surface area contributed by atoms with Gasteiger partial charge in [0.25, 0.3) is 0 Å². The van der Waals surface area contributed by atoms with Gasteiger partial charge in [0.15, 0.2) is 0 Å². The lowest BCUT2D eigenvalue weighted by Gasteiger charge is -2.18. The molecule has 128 valence electrons. The van der Waals surface area contributed by atoms with E-state index < -0.39 is 0 Å². The average Bonchev–Trinajstić information content (AvgIpc) is 3.20. The number of H-pyrrole nitrogens is 2. The van der Waals surface area contributed by atoms with E-state index in [0.29, 0.717) is 0 Å². The van der Waals surface area contributed by atoms with Crippen molar-refractivity contribution in [1.29, 1.82) is 0 Å². The van der Waals surface area contributed by atoms with Crippen molar-refractivity contribution in [2.24, 2.45) is 0 Å². The number of aryl methyl sites for hydroxylation is 4. The number of benzene rings is 3. The summed E-state index contributed by atoms with van der Waals surface area (Å²) in [4.78, 5) is 7.54. The van der Waals surface area contributed by atoms with E-state index >= 15 is 0 Å². The monoisotopic (exact) mass is 338 g/mol. The van der Waals surface area contributed by atoms with Gasteiger partial charge < -0.3 is 9.97 Å². The second-order valence-corrected chi connectivity index (χ2v) is 8.01. The minimum absolute atomic E-state index is 1.19. The predicted octanol–water partition coefficient (Wildman–Crippen LogP) is 6.45. The molecule has 2 heterocycles. The number of aromatic nitrogens is 2. The van der Waals surface area contributed by atoms with E-state index in [2.05, 4.69) is 60.2 Å². The normalized spacial score (nSPS) is 14.7. The smallest absolute Gasteiger partial charge is 0.0569 e. The van der Waals surface area contributed by atoms with Crippen LogP contribution in [-0.2, 0) is 12.8 Å². The first-order valence-electron chi connectivity index (χ1n) is 9.68. The third kappa shape index (κ3) is 1.77. The largest absolute Gasteiger partial charge is 0.354 e. The number of aromatic amines is 2. The van der Waals surface area contributed by atoms with Gasteiger partial charge in [-0.2, -0.15) is 0 Å². The van der Waals surface area contributed by atoms with Gasteiger partial charge in [-0.15, -0.1) is 0 Å². The van der Waals surface area contributed by atoms with Gasteiger partial charge in [0.1, 0.15) is 0 Å². The Morgan fingerprint density at radius 3 is 1.92 bits per heavy atom. The van der Waals surface area contributed by atoms with Crippen molar-refractivity contribution in [3.05, 3.63) is 58.7 Å². The maximum absolute atomic E-state index is 3.78. The number of hydrogen-bond donors (Lipinski definition) is 2. The molecule has 6 rings (SSSR count). The van der Waals surface area contributed by atoms with E-state index in [0.717, 1.165) is 0 Å². The molecule has 0 unspecified atom stereocenters. The Bertz CT molecular complexity index is 1350. The number of rotatable bonds is 0. The molecule has 0 atom stereocenters. The van der Waals surface area contributed by atoms with Crippen LogP contribution >= 0.6 is 0 Å². The predicted molar refractivity (Wildman–Crippen MR) is 111 cm³/mol. The summed E-state index contributed by atoms with van der Waals surface area (Å²) >= 11 is 0. The molecule has 2 N–H and O–H groups in total. The molecule has 2 nitrogen and oxygen atoms in total. The Morgan fingerprint density at radius 1 is 0.654 bits per heavy atom. The molecule has 2 aromatic heterocycles. The molecule has 1 aliphatic rings. The molecule has 2 heteroatoms. The summed E-state index contributed by atoms with van der Waals surface area (Å²) in [5, 5.41) is 5.59. The molecule has 0 bridgehead atoms. The quantitative estimate of drug-likeness (QED) is 0.325. The Balaban J connectivity index is 1.95. The molecule has 0 radical (unpaired) electrons. The summed E-state index contributed by atoms with van der Waals surface area (Å²) in [6.07, 6.45) is 4.97. The minimum Gasteiger partial charge on any atom is -0.354 e. The standard InChI is InChI=1S/C24H22N2/c1-13-7-9-19-17(11-13)21-15-5-3-4-6-16(15)23-22(24(21)26-19)18-12-14(2)8-10-20(18)25-23/h7-12,25-26H,3-6H2,1-2H3. The minimum atomic E-state index is 1.19. The van der Waals surface area contributed by atoms with E-state index in [4.69, 9.17) is 0 Å². The van der Waals surface area contributed by atoms with Crippen molar-refractivity contribution in [2.75, 3.05) is 0 Å². The SMILES string of the molecule is Cc1ccc2[nH]c3c(c4c(c5[nH]c6ccc(C)cc6c53)CCCC4)c2c1. The summed E-state index contributed by atoms with van der Waals surface area (Å²) in [6, 6.07) is 13.6. The van der Waals surface area contributed by atoms with Crippen LogP contribution in [0.4, 0.5) is 0 Å². The highest BCUT2D eigenvalue weighted by Crippen LogP contribution is 2.43. The zero-order chi connectivity index (χ0) is 17.4. The lowest BCUT2D eigenvalue weighted by molar-refractivity contribution is 0.693. The summed E-state index contributed by atoms with van der Waals surface area (Å²) in [5.41, 5.74) is 10.9. The topological polar surface area (TPSA) is 31.6 Å². The van der Waals surface area contributed by atoms with Crippen molar-refractivity contribution in [2.45, 2.75) is 39.5 Å². The molecule has 26 heavy (non-hydrogen) atoms. The van der Waals surface area contributed by atoms with Gasteiger partial charge in [0.05, 0.1) is 11.0 Å². The van der Waals surface area contributed by atoms with E-state index in [1.165, 1.54) is 80.4 Å². The van der Waals surface area contributed by atoms with Gasteiger partial charge in [0, 0.05) is 32.6 Å². The second-order valence-electron chi connectivity index (χ2n) is 8.01. The maximum Gasteiger partial charge on any atom is 0.0569 e. The molecule has 0 saturated heterocycles. The molecule has 0 fully saturated rings. The molecule has 0 amide bonds. The Kier molecular flexibility index (Phi) is 2.73. The Morgan fingerprint density at radius 2 is 1.23 bits per heavy atom. The van der Waals surface area contributed by atoms with Gasteiger partial charge >= 0.3 is 0 Å². The van der Waals surface area contributed by atoms with Crippen LogP contribution in [0.25, 0.3) is 43.6 Å². The van der Waals surface area contributed by atoms with E-state index in [1.54, 1.807) is 11.1 Å². The summed E-state index contributed by atoms with van der Waals surface area (Å²) in [5.74, 6) is 0. The summed E-state index contributed by atoms with van der Waals surface area (Å²) in [6.45, 7) is 4.38. The number of fused-ring (bicyclic) bond motifs is 10.